The monoisotopic (exact) mass is 364 g/mol. The molecule has 126 valence electrons. The second-order valence-corrected chi connectivity index (χ2v) is 6.25. The van der Waals surface area contributed by atoms with E-state index in [-0.39, 0.29) is 0 Å². The van der Waals surface area contributed by atoms with Crippen LogP contribution in [-0.2, 0) is 14.8 Å². The molecule has 0 radical (unpaired) electrons. The minimum atomic E-state index is 1.47. The van der Waals surface area contributed by atoms with E-state index in [9.17, 15) is 0 Å². The van der Waals surface area contributed by atoms with Crippen molar-refractivity contribution in [3.63, 3.8) is 0 Å². The van der Waals surface area contributed by atoms with E-state index >= 15 is 0 Å². The SMILES string of the molecule is Cc1c(C)c(C)[c-](C)c1C.Cc1c(C)c(C)[c-](C)c1C.[Cl][Co+2]. The molecule has 2 aromatic rings. The van der Waals surface area contributed by atoms with Crippen molar-refractivity contribution in [2.75, 3.05) is 0 Å². The molecule has 0 nitrogen and oxygen atoms in total. The topological polar surface area (TPSA) is 0 Å². The van der Waals surface area contributed by atoms with Crippen LogP contribution in [0, 0.1) is 69.2 Å². The molecule has 0 spiro atoms. The summed E-state index contributed by atoms with van der Waals surface area (Å²) in [6, 6.07) is 0. The van der Waals surface area contributed by atoms with E-state index in [1.807, 2.05) is 0 Å². The Morgan fingerprint density at radius 2 is 0.636 bits per heavy atom. The second kappa shape index (κ2) is 8.95. The molecule has 0 atom stereocenters. The number of halogens is 1. The Kier molecular flexibility index (Phi) is 8.75. The molecule has 0 N–H and O–H groups in total. The zero-order valence-electron chi connectivity index (χ0n) is 15.7. The van der Waals surface area contributed by atoms with Crippen LogP contribution in [0.15, 0.2) is 0 Å². The average molecular weight is 365 g/mol. The van der Waals surface area contributed by atoms with Crippen molar-refractivity contribution in [1.29, 1.82) is 0 Å². The Morgan fingerprint density at radius 3 is 0.682 bits per heavy atom. The van der Waals surface area contributed by atoms with Crippen molar-refractivity contribution in [3.8, 4) is 0 Å². The Bertz CT molecular complexity index is 410. The first-order chi connectivity index (χ1) is 10.1. The van der Waals surface area contributed by atoms with Crippen LogP contribution in [0.4, 0.5) is 0 Å². The predicted octanol–water partition coefficient (Wildman–Crippen LogP) is 6.58. The zero-order chi connectivity index (χ0) is 17.8. The first kappa shape index (κ1) is 21.5. The predicted molar refractivity (Wildman–Crippen MR) is 97.3 cm³/mol. The van der Waals surface area contributed by atoms with Crippen LogP contribution in [0.3, 0.4) is 0 Å². The third-order valence-electron chi connectivity index (χ3n) is 5.62. The summed E-state index contributed by atoms with van der Waals surface area (Å²) in [7, 11) is 4.33. The third-order valence-corrected chi connectivity index (χ3v) is 5.62. The van der Waals surface area contributed by atoms with Crippen molar-refractivity contribution in [2.45, 2.75) is 69.2 Å². The summed E-state index contributed by atoms with van der Waals surface area (Å²) >= 11 is 3.03. The number of hydrogen-bond acceptors (Lipinski definition) is 0. The fourth-order valence-corrected chi connectivity index (χ4v) is 2.81. The molecule has 0 aliphatic heterocycles. The van der Waals surface area contributed by atoms with E-state index in [1.54, 1.807) is 0 Å². The van der Waals surface area contributed by atoms with Gasteiger partial charge in [0, 0.05) is 0 Å². The van der Waals surface area contributed by atoms with Crippen molar-refractivity contribution in [2.24, 2.45) is 0 Å². The van der Waals surface area contributed by atoms with Gasteiger partial charge in [0.15, 0.2) is 0 Å². The molecule has 0 aromatic heterocycles. The summed E-state index contributed by atoms with van der Waals surface area (Å²) in [5, 5.41) is 0. The van der Waals surface area contributed by atoms with E-state index in [0.29, 0.717) is 0 Å². The van der Waals surface area contributed by atoms with Gasteiger partial charge in [-0.25, -0.2) is 0 Å². The fraction of sp³-hybridized carbons (Fsp3) is 0.500. The first-order valence-electron chi connectivity index (χ1n) is 7.63. The van der Waals surface area contributed by atoms with E-state index in [2.05, 4.69) is 94.2 Å². The minimum absolute atomic E-state index is 1.47. The Hall–Kier alpha value is -0.504. The van der Waals surface area contributed by atoms with Crippen LogP contribution in [0.2, 0.25) is 0 Å². The number of rotatable bonds is 0. The zero-order valence-corrected chi connectivity index (χ0v) is 17.5. The summed E-state index contributed by atoms with van der Waals surface area (Å²) in [6.45, 7) is 22.0. The molecule has 2 aromatic carbocycles. The van der Waals surface area contributed by atoms with Crippen LogP contribution in [0.25, 0.3) is 0 Å². The van der Waals surface area contributed by atoms with Gasteiger partial charge in [0.25, 0.3) is 0 Å². The third kappa shape index (κ3) is 4.28. The molecule has 0 aliphatic carbocycles. The molecule has 0 amide bonds. The Balaban J connectivity index is 0.000000360. The van der Waals surface area contributed by atoms with Crippen LogP contribution < -0.4 is 0 Å². The van der Waals surface area contributed by atoms with Crippen molar-refractivity contribution < 1.29 is 14.8 Å². The second-order valence-electron chi connectivity index (χ2n) is 6.25. The van der Waals surface area contributed by atoms with Crippen LogP contribution >= 0.6 is 10.1 Å². The van der Waals surface area contributed by atoms with Gasteiger partial charge < -0.3 is 0 Å². The molecule has 2 rings (SSSR count). The average Bonchev–Trinajstić information content (AvgIpc) is 2.81. The van der Waals surface area contributed by atoms with Crippen molar-refractivity contribution in [3.05, 3.63) is 55.6 Å². The molecule has 0 heterocycles. The summed E-state index contributed by atoms with van der Waals surface area (Å²) in [5.41, 5.74) is 14.7. The van der Waals surface area contributed by atoms with Crippen molar-refractivity contribution >= 4 is 10.1 Å². The van der Waals surface area contributed by atoms with Gasteiger partial charge in [0.2, 0.25) is 0 Å². The van der Waals surface area contributed by atoms with E-state index < -0.39 is 0 Å². The maximum absolute atomic E-state index is 4.33. The Morgan fingerprint density at radius 1 is 0.500 bits per heavy atom. The molecule has 0 unspecified atom stereocenters. The first-order valence-corrected chi connectivity index (χ1v) is 9.06. The van der Waals surface area contributed by atoms with E-state index in [4.69, 9.17) is 0 Å². The molecule has 0 bridgehead atoms. The molecule has 0 saturated carbocycles. The molecule has 0 fully saturated rings. The molecular weight excluding hydrogens is 335 g/mol. The molecule has 22 heavy (non-hydrogen) atoms. The molecule has 0 saturated heterocycles. The van der Waals surface area contributed by atoms with Gasteiger partial charge in [-0.2, -0.15) is 55.6 Å². The normalized spacial score (nSPS) is 9.82. The van der Waals surface area contributed by atoms with Gasteiger partial charge in [0.05, 0.1) is 0 Å². The maximum atomic E-state index is 4.33. The van der Waals surface area contributed by atoms with Gasteiger partial charge in [-0.1, -0.05) is 69.2 Å². The Labute approximate surface area is 149 Å². The van der Waals surface area contributed by atoms with Gasteiger partial charge >= 0.3 is 25.0 Å². The van der Waals surface area contributed by atoms with E-state index in [1.165, 1.54) is 55.6 Å². The van der Waals surface area contributed by atoms with Crippen LogP contribution in [0.1, 0.15) is 55.6 Å². The van der Waals surface area contributed by atoms with Gasteiger partial charge in [-0.15, -0.1) is 0 Å². The molecular formula is C20H30ClCo. The quantitative estimate of drug-likeness (QED) is 0.463. The van der Waals surface area contributed by atoms with Gasteiger partial charge in [-0.3, -0.25) is 0 Å². The number of hydrogen-bond donors (Lipinski definition) is 0. The van der Waals surface area contributed by atoms with Crippen LogP contribution in [0.5, 0.6) is 0 Å². The standard InChI is InChI=1S/2C10H15.ClH.Co/c2*1-6-7(2)9(4)10(5)8(6)3;;/h2*1-5H3;1H;/q2*-1;;+3/p-1. The van der Waals surface area contributed by atoms with Gasteiger partial charge in [-0.05, 0) is 0 Å². The summed E-state index contributed by atoms with van der Waals surface area (Å²) < 4.78 is 0. The summed E-state index contributed by atoms with van der Waals surface area (Å²) in [6.07, 6.45) is 0. The fourth-order valence-electron chi connectivity index (χ4n) is 2.81. The summed E-state index contributed by atoms with van der Waals surface area (Å²) in [5.74, 6) is 0. The summed E-state index contributed by atoms with van der Waals surface area (Å²) in [4.78, 5) is 0. The van der Waals surface area contributed by atoms with Crippen LogP contribution in [-0.4, -0.2) is 0 Å². The molecule has 2 heteroatoms. The van der Waals surface area contributed by atoms with E-state index in [0.717, 1.165) is 0 Å². The van der Waals surface area contributed by atoms with Gasteiger partial charge in [0.1, 0.15) is 0 Å². The molecule has 0 aliphatic rings. The van der Waals surface area contributed by atoms with Crippen molar-refractivity contribution in [1.82, 2.24) is 0 Å².